The van der Waals surface area contributed by atoms with Crippen LogP contribution in [0.2, 0.25) is 0 Å². The molecule has 0 radical (unpaired) electrons. The zero-order valence-corrected chi connectivity index (χ0v) is 20.1. The zero-order chi connectivity index (χ0) is 23.8. The van der Waals surface area contributed by atoms with Crippen molar-refractivity contribution in [1.82, 2.24) is 14.9 Å². The molecule has 1 aliphatic heterocycles. The Balaban J connectivity index is 1.20. The molecule has 1 fully saturated rings. The Bertz CT molecular complexity index is 1100. The molecule has 1 aromatic carbocycles. The highest BCUT2D eigenvalue weighted by Crippen LogP contribution is 2.22. The van der Waals surface area contributed by atoms with E-state index in [1.807, 2.05) is 61.5 Å². The van der Waals surface area contributed by atoms with Gasteiger partial charge >= 0.3 is 0 Å². The van der Waals surface area contributed by atoms with Crippen molar-refractivity contribution in [2.24, 2.45) is 5.92 Å². The number of nitrogens with zero attached hydrogens (tertiary/aromatic N) is 3. The minimum Gasteiger partial charge on any atom is -0.325 e. The van der Waals surface area contributed by atoms with Crippen LogP contribution in [0, 0.1) is 12.8 Å². The van der Waals surface area contributed by atoms with Crippen molar-refractivity contribution < 1.29 is 9.59 Å². The van der Waals surface area contributed by atoms with E-state index in [4.69, 9.17) is 0 Å². The molecule has 4 rings (SSSR count). The van der Waals surface area contributed by atoms with E-state index in [1.165, 1.54) is 0 Å². The summed E-state index contributed by atoms with van der Waals surface area (Å²) in [5.41, 5.74) is 2.98. The van der Waals surface area contributed by atoms with Gasteiger partial charge in [-0.15, -0.1) is 11.8 Å². The molecule has 1 aliphatic rings. The summed E-state index contributed by atoms with van der Waals surface area (Å²) in [7, 11) is 0. The van der Waals surface area contributed by atoms with E-state index in [1.54, 1.807) is 24.2 Å². The Kier molecular flexibility index (Phi) is 8.27. The predicted octanol–water partition coefficient (Wildman–Crippen LogP) is 4.37. The Hall–Kier alpha value is -3.23. The van der Waals surface area contributed by atoms with Crippen molar-refractivity contribution in [3.05, 3.63) is 78.1 Å². The molecule has 2 amide bonds. The quantitative estimate of drug-likeness (QED) is 0.471. The van der Waals surface area contributed by atoms with E-state index in [2.05, 4.69) is 25.5 Å². The van der Waals surface area contributed by atoms with Crippen molar-refractivity contribution in [3.8, 4) is 0 Å². The van der Waals surface area contributed by atoms with E-state index in [0.717, 1.165) is 40.4 Å². The summed E-state index contributed by atoms with van der Waals surface area (Å²) in [6.45, 7) is 3.71. The van der Waals surface area contributed by atoms with Crippen molar-refractivity contribution in [2.75, 3.05) is 30.3 Å². The SMILES string of the molecule is Cc1ccc(NC(=O)C2CCN(CC(=O)Nc3cccc(CSc4ccccn4)c3)CC2)nc1. The number of aryl methyl sites for hydroxylation is 1. The summed E-state index contributed by atoms with van der Waals surface area (Å²) >= 11 is 1.66. The highest BCUT2D eigenvalue weighted by Gasteiger charge is 2.26. The lowest BCUT2D eigenvalue weighted by Crippen LogP contribution is -2.41. The van der Waals surface area contributed by atoms with Crippen LogP contribution in [-0.2, 0) is 15.3 Å². The highest BCUT2D eigenvalue weighted by atomic mass is 32.2. The Labute approximate surface area is 204 Å². The van der Waals surface area contributed by atoms with Gasteiger partial charge in [0.1, 0.15) is 5.82 Å². The summed E-state index contributed by atoms with van der Waals surface area (Å²) in [5, 5.41) is 6.88. The molecule has 0 saturated carbocycles. The molecule has 1 saturated heterocycles. The normalized spacial score (nSPS) is 14.5. The van der Waals surface area contributed by atoms with Gasteiger partial charge < -0.3 is 10.6 Å². The van der Waals surface area contributed by atoms with Crippen LogP contribution in [0.25, 0.3) is 0 Å². The second kappa shape index (κ2) is 11.8. The second-order valence-corrected chi connectivity index (χ2v) is 9.46. The molecule has 3 heterocycles. The van der Waals surface area contributed by atoms with Crippen LogP contribution in [0.3, 0.4) is 0 Å². The number of rotatable bonds is 8. The molecule has 8 heteroatoms. The number of pyridine rings is 2. The molecule has 0 bridgehead atoms. The van der Waals surface area contributed by atoms with Gasteiger partial charge in [0.05, 0.1) is 11.6 Å². The monoisotopic (exact) mass is 475 g/mol. The summed E-state index contributed by atoms with van der Waals surface area (Å²) in [4.78, 5) is 35.8. The number of hydrogen-bond donors (Lipinski definition) is 2. The van der Waals surface area contributed by atoms with Gasteiger partial charge in [-0.05, 0) is 74.3 Å². The lowest BCUT2D eigenvalue weighted by molar-refractivity contribution is -0.121. The molecular weight excluding hydrogens is 446 g/mol. The summed E-state index contributed by atoms with van der Waals surface area (Å²) in [5.74, 6) is 1.27. The van der Waals surface area contributed by atoms with Gasteiger partial charge in [0.25, 0.3) is 0 Å². The number of benzene rings is 1. The van der Waals surface area contributed by atoms with Gasteiger partial charge in [-0.1, -0.05) is 24.3 Å². The Morgan fingerprint density at radius 2 is 1.88 bits per heavy atom. The molecular formula is C26H29N5O2S. The van der Waals surface area contributed by atoms with Gasteiger partial charge in [-0.2, -0.15) is 0 Å². The Morgan fingerprint density at radius 3 is 2.62 bits per heavy atom. The van der Waals surface area contributed by atoms with Crippen LogP contribution < -0.4 is 10.6 Å². The molecule has 0 atom stereocenters. The summed E-state index contributed by atoms with van der Waals surface area (Å²) < 4.78 is 0. The molecule has 34 heavy (non-hydrogen) atoms. The van der Waals surface area contributed by atoms with Gasteiger partial charge in [0.15, 0.2) is 0 Å². The molecule has 2 N–H and O–H groups in total. The third-order valence-corrected chi connectivity index (χ3v) is 6.74. The van der Waals surface area contributed by atoms with Crippen LogP contribution in [0.5, 0.6) is 0 Å². The molecule has 176 valence electrons. The van der Waals surface area contributed by atoms with Gasteiger partial charge in [0.2, 0.25) is 11.8 Å². The predicted molar refractivity (Wildman–Crippen MR) is 136 cm³/mol. The first kappa shape index (κ1) is 23.9. The number of hydrogen-bond acceptors (Lipinski definition) is 6. The molecule has 0 spiro atoms. The van der Waals surface area contributed by atoms with Gasteiger partial charge in [-0.3, -0.25) is 14.5 Å². The van der Waals surface area contributed by atoms with Crippen molar-refractivity contribution in [1.29, 1.82) is 0 Å². The third kappa shape index (κ3) is 7.13. The fraction of sp³-hybridized carbons (Fsp3) is 0.308. The van der Waals surface area contributed by atoms with E-state index < -0.39 is 0 Å². The number of likely N-dealkylation sites (tertiary alicyclic amines) is 1. The van der Waals surface area contributed by atoms with E-state index >= 15 is 0 Å². The van der Waals surface area contributed by atoms with Crippen LogP contribution >= 0.6 is 11.8 Å². The van der Waals surface area contributed by atoms with Crippen LogP contribution in [0.4, 0.5) is 11.5 Å². The highest BCUT2D eigenvalue weighted by molar-refractivity contribution is 7.98. The average molecular weight is 476 g/mol. The maximum atomic E-state index is 12.6. The van der Waals surface area contributed by atoms with Crippen molar-refractivity contribution >= 4 is 35.1 Å². The fourth-order valence-corrected chi connectivity index (χ4v) is 4.66. The standard InChI is InChI=1S/C26H29N5O2S/c1-19-8-9-23(28-16-19)30-26(33)21-10-13-31(14-11-21)17-24(32)29-22-6-4-5-20(15-22)18-34-25-7-2-3-12-27-25/h2-9,12,15-16,21H,10-11,13-14,17-18H2,1H3,(H,29,32)(H,28,30,33). The molecule has 7 nitrogen and oxygen atoms in total. The molecule has 0 unspecified atom stereocenters. The van der Waals surface area contributed by atoms with Gasteiger partial charge in [-0.25, -0.2) is 9.97 Å². The number of carbonyl (C=O) groups excluding carboxylic acids is 2. The number of amides is 2. The largest absolute Gasteiger partial charge is 0.325 e. The lowest BCUT2D eigenvalue weighted by atomic mass is 9.96. The second-order valence-electron chi connectivity index (χ2n) is 8.47. The fourth-order valence-electron chi connectivity index (χ4n) is 3.86. The first-order valence-corrected chi connectivity index (χ1v) is 12.4. The summed E-state index contributed by atoms with van der Waals surface area (Å²) in [6, 6.07) is 17.5. The minimum atomic E-state index is -0.0595. The topological polar surface area (TPSA) is 87.2 Å². The van der Waals surface area contributed by atoms with Crippen LogP contribution in [0.1, 0.15) is 24.0 Å². The number of nitrogens with one attached hydrogen (secondary N) is 2. The van der Waals surface area contributed by atoms with Gasteiger partial charge in [0, 0.05) is 29.8 Å². The molecule has 0 aliphatic carbocycles. The van der Waals surface area contributed by atoms with Crippen molar-refractivity contribution in [3.63, 3.8) is 0 Å². The summed E-state index contributed by atoms with van der Waals surface area (Å²) in [6.07, 6.45) is 4.98. The number of piperidine rings is 1. The van der Waals surface area contributed by atoms with Crippen LogP contribution in [0.15, 0.2) is 72.0 Å². The maximum absolute atomic E-state index is 12.6. The van der Waals surface area contributed by atoms with Crippen LogP contribution in [-0.4, -0.2) is 46.3 Å². The minimum absolute atomic E-state index is 0.000780. The Morgan fingerprint density at radius 1 is 1.03 bits per heavy atom. The lowest BCUT2D eigenvalue weighted by Gasteiger charge is -2.30. The van der Waals surface area contributed by atoms with E-state index in [-0.39, 0.29) is 17.7 Å². The van der Waals surface area contributed by atoms with E-state index in [9.17, 15) is 9.59 Å². The number of anilines is 2. The number of thioether (sulfide) groups is 1. The number of carbonyl (C=O) groups is 2. The van der Waals surface area contributed by atoms with E-state index in [0.29, 0.717) is 25.5 Å². The first-order valence-electron chi connectivity index (χ1n) is 11.4. The average Bonchev–Trinajstić information content (AvgIpc) is 2.85. The third-order valence-electron chi connectivity index (χ3n) is 5.72. The number of aromatic nitrogens is 2. The first-order chi connectivity index (χ1) is 16.5. The molecule has 3 aromatic rings. The maximum Gasteiger partial charge on any atom is 0.238 e. The molecule has 2 aromatic heterocycles. The van der Waals surface area contributed by atoms with Crippen molar-refractivity contribution in [2.45, 2.75) is 30.5 Å². The smallest absolute Gasteiger partial charge is 0.238 e. The zero-order valence-electron chi connectivity index (χ0n) is 19.2.